The second-order valence-corrected chi connectivity index (χ2v) is 7.26. The predicted octanol–water partition coefficient (Wildman–Crippen LogP) is 2.82. The molecule has 1 aromatic carbocycles. The molecule has 1 amide bonds. The monoisotopic (exact) mass is 416 g/mol. The third kappa shape index (κ3) is 9.28. The van der Waals surface area contributed by atoms with Crippen LogP contribution in [0.2, 0.25) is 0 Å². The van der Waals surface area contributed by atoms with Gasteiger partial charge in [-0.1, -0.05) is 15.9 Å². The Morgan fingerprint density at radius 3 is 2.48 bits per heavy atom. The molecule has 0 aromatic heterocycles. The molecule has 140 valence electrons. The maximum absolute atomic E-state index is 13.7. The number of amides is 1. The molecule has 1 rings (SSSR count). The third-order valence-electron chi connectivity index (χ3n) is 3.00. The van der Waals surface area contributed by atoms with Crippen LogP contribution in [0.3, 0.4) is 0 Å². The Kier molecular flexibility index (Phi) is 8.68. The fraction of sp³-hybridized carbons (Fsp3) is 0.529. The van der Waals surface area contributed by atoms with Gasteiger partial charge >= 0.3 is 6.09 Å². The fourth-order valence-electron chi connectivity index (χ4n) is 1.93. The lowest BCUT2D eigenvalue weighted by Crippen LogP contribution is -2.43. The molecule has 0 fully saturated rings. The Bertz CT molecular complexity index is 603. The Hall–Kier alpha value is -1.83. The van der Waals surface area contributed by atoms with Crippen molar-refractivity contribution in [1.82, 2.24) is 16.0 Å². The minimum atomic E-state index is -0.517. The van der Waals surface area contributed by atoms with E-state index in [2.05, 4.69) is 36.9 Å². The lowest BCUT2D eigenvalue weighted by Gasteiger charge is -2.20. The molecule has 0 aliphatic carbocycles. The third-order valence-corrected chi connectivity index (χ3v) is 3.50. The van der Waals surface area contributed by atoms with Gasteiger partial charge in [0.05, 0.1) is 0 Å². The molecule has 0 atom stereocenters. The molecule has 6 nitrogen and oxygen atoms in total. The molecule has 8 heteroatoms. The molecule has 0 aliphatic heterocycles. The zero-order chi connectivity index (χ0) is 18.9. The minimum absolute atomic E-state index is 0.227. The highest BCUT2D eigenvalue weighted by molar-refractivity contribution is 9.10. The number of rotatable bonds is 6. The number of halogens is 2. The van der Waals surface area contributed by atoms with E-state index in [0.29, 0.717) is 37.6 Å². The van der Waals surface area contributed by atoms with Crippen LogP contribution in [-0.2, 0) is 11.2 Å². The maximum Gasteiger partial charge on any atom is 0.407 e. The van der Waals surface area contributed by atoms with E-state index < -0.39 is 11.7 Å². The van der Waals surface area contributed by atoms with Gasteiger partial charge < -0.3 is 20.7 Å². The van der Waals surface area contributed by atoms with Crippen LogP contribution in [0.4, 0.5) is 9.18 Å². The number of ether oxygens (including phenoxy) is 1. The van der Waals surface area contributed by atoms with Crippen molar-refractivity contribution in [3.8, 4) is 0 Å². The second-order valence-electron chi connectivity index (χ2n) is 6.34. The topological polar surface area (TPSA) is 74.8 Å². The predicted molar refractivity (Wildman–Crippen MR) is 101 cm³/mol. The lowest BCUT2D eigenvalue weighted by molar-refractivity contribution is 0.0529. The molecule has 0 bridgehead atoms. The van der Waals surface area contributed by atoms with Crippen molar-refractivity contribution >= 4 is 28.0 Å². The van der Waals surface area contributed by atoms with Crippen LogP contribution in [0.15, 0.2) is 27.7 Å². The SMILES string of the molecule is CN=C(NCCNC(=O)OC(C)(C)C)NCCc1cc(Br)ccc1F. The summed E-state index contributed by atoms with van der Waals surface area (Å²) in [6.07, 6.45) is 0.0738. The number of benzene rings is 1. The first-order valence-corrected chi connectivity index (χ1v) is 8.86. The Balaban J connectivity index is 2.27. The zero-order valence-electron chi connectivity index (χ0n) is 15.1. The van der Waals surface area contributed by atoms with Crippen molar-refractivity contribution in [3.63, 3.8) is 0 Å². The number of nitrogens with zero attached hydrogens (tertiary/aromatic N) is 1. The Labute approximate surface area is 156 Å². The van der Waals surface area contributed by atoms with E-state index in [-0.39, 0.29) is 5.82 Å². The maximum atomic E-state index is 13.7. The van der Waals surface area contributed by atoms with E-state index in [1.165, 1.54) is 6.07 Å². The first-order valence-electron chi connectivity index (χ1n) is 8.06. The number of alkyl carbamates (subject to hydrolysis) is 1. The first-order chi connectivity index (χ1) is 11.7. The summed E-state index contributed by atoms with van der Waals surface area (Å²) in [6.45, 7) is 6.85. The van der Waals surface area contributed by atoms with Gasteiger partial charge in [-0.15, -0.1) is 0 Å². The van der Waals surface area contributed by atoms with Crippen LogP contribution in [0.25, 0.3) is 0 Å². The van der Waals surface area contributed by atoms with Crippen LogP contribution in [0, 0.1) is 5.82 Å². The van der Waals surface area contributed by atoms with Gasteiger partial charge in [0.25, 0.3) is 0 Å². The summed E-state index contributed by atoms with van der Waals surface area (Å²) in [5, 5.41) is 8.82. The van der Waals surface area contributed by atoms with Crippen LogP contribution < -0.4 is 16.0 Å². The van der Waals surface area contributed by atoms with Crippen LogP contribution in [0.1, 0.15) is 26.3 Å². The second kappa shape index (κ2) is 10.2. The average Bonchev–Trinajstić information content (AvgIpc) is 2.51. The fourth-order valence-corrected chi connectivity index (χ4v) is 2.34. The number of nitrogens with one attached hydrogen (secondary N) is 3. The molecular formula is C17H26BrFN4O2. The molecule has 0 spiro atoms. The molecule has 3 N–H and O–H groups in total. The van der Waals surface area contributed by atoms with Gasteiger partial charge in [0, 0.05) is 31.2 Å². The van der Waals surface area contributed by atoms with E-state index >= 15 is 0 Å². The largest absolute Gasteiger partial charge is 0.444 e. The standard InChI is InChI=1S/C17H26BrFN4O2/c1-17(2,3)25-16(24)23-10-9-22-15(20-4)21-8-7-12-11-13(18)5-6-14(12)19/h5-6,11H,7-10H2,1-4H3,(H,23,24)(H2,20,21,22). The van der Waals surface area contributed by atoms with Gasteiger partial charge in [0.1, 0.15) is 11.4 Å². The molecular weight excluding hydrogens is 391 g/mol. The summed E-state index contributed by atoms with van der Waals surface area (Å²) in [5.41, 5.74) is 0.112. The summed E-state index contributed by atoms with van der Waals surface area (Å²) < 4.78 is 19.7. The molecule has 0 radical (unpaired) electrons. The number of carbonyl (C=O) groups is 1. The number of carbonyl (C=O) groups excluding carboxylic acids is 1. The van der Waals surface area contributed by atoms with Crippen molar-refractivity contribution in [2.24, 2.45) is 4.99 Å². The van der Waals surface area contributed by atoms with Crippen LogP contribution in [0.5, 0.6) is 0 Å². The molecule has 0 heterocycles. The van der Waals surface area contributed by atoms with Crippen molar-refractivity contribution in [3.05, 3.63) is 34.1 Å². The number of hydrogen-bond acceptors (Lipinski definition) is 3. The first kappa shape index (κ1) is 21.2. The van der Waals surface area contributed by atoms with E-state index in [0.717, 1.165) is 4.47 Å². The van der Waals surface area contributed by atoms with Crippen LogP contribution in [-0.4, -0.2) is 44.3 Å². The molecule has 1 aromatic rings. The molecule has 25 heavy (non-hydrogen) atoms. The van der Waals surface area contributed by atoms with Gasteiger partial charge in [-0.2, -0.15) is 0 Å². The summed E-state index contributed by atoms with van der Waals surface area (Å²) in [6, 6.07) is 4.87. The van der Waals surface area contributed by atoms with E-state index in [1.54, 1.807) is 19.2 Å². The average molecular weight is 417 g/mol. The van der Waals surface area contributed by atoms with E-state index in [9.17, 15) is 9.18 Å². The number of aliphatic imine (C=N–C) groups is 1. The lowest BCUT2D eigenvalue weighted by atomic mass is 10.1. The molecule has 0 saturated heterocycles. The highest BCUT2D eigenvalue weighted by Gasteiger charge is 2.15. The van der Waals surface area contributed by atoms with Gasteiger partial charge in [0.2, 0.25) is 0 Å². The summed E-state index contributed by atoms with van der Waals surface area (Å²) in [7, 11) is 1.65. The number of hydrogen-bond donors (Lipinski definition) is 3. The molecule has 0 saturated carbocycles. The highest BCUT2D eigenvalue weighted by atomic mass is 79.9. The molecule has 0 aliphatic rings. The van der Waals surface area contributed by atoms with Gasteiger partial charge in [0.15, 0.2) is 5.96 Å². The summed E-state index contributed by atoms with van der Waals surface area (Å²) in [4.78, 5) is 15.6. The minimum Gasteiger partial charge on any atom is -0.444 e. The van der Waals surface area contributed by atoms with Crippen LogP contribution >= 0.6 is 15.9 Å². The Morgan fingerprint density at radius 2 is 1.84 bits per heavy atom. The quantitative estimate of drug-likeness (QED) is 0.378. The zero-order valence-corrected chi connectivity index (χ0v) is 16.7. The summed E-state index contributed by atoms with van der Waals surface area (Å²) in [5.74, 6) is 0.357. The van der Waals surface area contributed by atoms with E-state index in [1.807, 2.05) is 20.8 Å². The smallest absolute Gasteiger partial charge is 0.407 e. The van der Waals surface area contributed by atoms with Crippen molar-refractivity contribution < 1.29 is 13.9 Å². The summed E-state index contributed by atoms with van der Waals surface area (Å²) >= 11 is 3.33. The Morgan fingerprint density at radius 1 is 1.20 bits per heavy atom. The van der Waals surface area contributed by atoms with Crippen molar-refractivity contribution in [1.29, 1.82) is 0 Å². The van der Waals surface area contributed by atoms with Crippen molar-refractivity contribution in [2.75, 3.05) is 26.7 Å². The van der Waals surface area contributed by atoms with Gasteiger partial charge in [-0.05, 0) is 51.0 Å². The highest BCUT2D eigenvalue weighted by Crippen LogP contribution is 2.15. The van der Waals surface area contributed by atoms with Gasteiger partial charge in [-0.3, -0.25) is 4.99 Å². The van der Waals surface area contributed by atoms with Crippen molar-refractivity contribution in [2.45, 2.75) is 32.8 Å². The number of guanidine groups is 1. The molecule has 0 unspecified atom stereocenters. The normalized spacial score (nSPS) is 11.8. The van der Waals surface area contributed by atoms with E-state index in [4.69, 9.17) is 4.74 Å². The van der Waals surface area contributed by atoms with Gasteiger partial charge in [-0.25, -0.2) is 9.18 Å².